The molecule has 0 N–H and O–H groups in total. The molecule has 0 fully saturated rings. The van der Waals surface area contributed by atoms with Crippen molar-refractivity contribution >= 4 is 21.5 Å². The van der Waals surface area contributed by atoms with Crippen molar-refractivity contribution in [3.8, 4) is 10.4 Å². The Balaban J connectivity index is 0.000000221. The first-order valence-electron chi connectivity index (χ1n) is 5.12. The molecule has 0 radical (unpaired) electrons. The molecule has 2 aromatic heterocycles. The summed E-state index contributed by atoms with van der Waals surface area (Å²) >= 11 is 1.77. The van der Waals surface area contributed by atoms with Gasteiger partial charge in [0.1, 0.15) is 7.05 Å². The fourth-order valence-corrected chi connectivity index (χ4v) is 1.84. The average molecular weight is 325 g/mol. The predicted molar refractivity (Wildman–Crippen MR) is 66.7 cm³/mol. The number of hydrogen-bond acceptors (Lipinski definition) is 4. The maximum atomic E-state index is 10.7. The lowest BCUT2D eigenvalue weighted by molar-refractivity contribution is -0.671. The van der Waals surface area contributed by atoms with Gasteiger partial charge in [-0.05, 0) is 11.4 Å². The van der Waals surface area contributed by atoms with Crippen LogP contribution in [-0.2, 0) is 17.2 Å². The molecule has 0 aliphatic carbocycles. The Hall–Kier alpha value is -1.45. The lowest BCUT2D eigenvalue weighted by Gasteiger charge is -2.08. The summed E-state index contributed by atoms with van der Waals surface area (Å²) in [5.41, 5.74) is -4.35. The lowest BCUT2D eigenvalue weighted by atomic mass is 10.2. The highest BCUT2D eigenvalue weighted by Gasteiger charge is 2.36. The third kappa shape index (κ3) is 4.91. The number of halogens is 3. The van der Waals surface area contributed by atoms with Crippen LogP contribution in [0.4, 0.5) is 13.2 Å². The second kappa shape index (κ2) is 6.33. The monoisotopic (exact) mass is 325 g/mol. The molecule has 20 heavy (non-hydrogen) atoms. The summed E-state index contributed by atoms with van der Waals surface area (Å²) in [5.74, 6) is 0. The minimum Gasteiger partial charge on any atom is -0.741 e. The van der Waals surface area contributed by atoms with Crippen molar-refractivity contribution < 1.29 is 30.7 Å². The zero-order valence-electron chi connectivity index (χ0n) is 10.2. The Morgan fingerprint density at radius 1 is 1.20 bits per heavy atom. The first kappa shape index (κ1) is 16.6. The van der Waals surface area contributed by atoms with E-state index in [4.69, 9.17) is 13.0 Å². The number of pyridine rings is 1. The Labute approximate surface area is 117 Å². The van der Waals surface area contributed by atoms with Crippen LogP contribution in [0.25, 0.3) is 10.4 Å². The van der Waals surface area contributed by atoms with Crippen LogP contribution >= 0.6 is 11.3 Å². The number of alkyl halides is 3. The van der Waals surface area contributed by atoms with Gasteiger partial charge in [-0.3, -0.25) is 0 Å². The summed E-state index contributed by atoms with van der Waals surface area (Å²) in [6.07, 6.45) is 4.13. The van der Waals surface area contributed by atoms with Gasteiger partial charge in [0, 0.05) is 22.6 Å². The SMILES string of the molecule is C[n+]1ccc(-c2cccs2)cc1.O=S(=O)([O-])C(F)(F)F. The van der Waals surface area contributed by atoms with Crippen molar-refractivity contribution in [2.45, 2.75) is 5.51 Å². The van der Waals surface area contributed by atoms with Crippen LogP contribution in [-0.4, -0.2) is 18.5 Å². The summed E-state index contributed by atoms with van der Waals surface area (Å²) in [4.78, 5) is 1.33. The molecule has 0 bridgehead atoms. The Bertz CT molecular complexity index is 635. The van der Waals surface area contributed by atoms with Crippen molar-refractivity contribution in [1.82, 2.24) is 0 Å². The molecule has 110 valence electrons. The van der Waals surface area contributed by atoms with Crippen molar-refractivity contribution in [1.29, 1.82) is 0 Å². The average Bonchev–Trinajstić information content (AvgIpc) is 2.81. The highest BCUT2D eigenvalue weighted by atomic mass is 32.2. The largest absolute Gasteiger partial charge is 0.741 e. The third-order valence-electron chi connectivity index (χ3n) is 2.07. The van der Waals surface area contributed by atoms with Crippen LogP contribution in [0.1, 0.15) is 0 Å². The van der Waals surface area contributed by atoms with Gasteiger partial charge in [-0.15, -0.1) is 11.3 Å². The van der Waals surface area contributed by atoms with Crippen LogP contribution in [0, 0.1) is 0 Å². The number of nitrogens with zero attached hydrogens (tertiary/aromatic N) is 1. The lowest BCUT2D eigenvalue weighted by Crippen LogP contribution is -2.25. The highest BCUT2D eigenvalue weighted by Crippen LogP contribution is 2.22. The van der Waals surface area contributed by atoms with Gasteiger partial charge in [-0.1, -0.05) is 6.07 Å². The highest BCUT2D eigenvalue weighted by molar-refractivity contribution is 7.86. The standard InChI is InChI=1S/C10H10NS.CHF3O3S/c1-11-6-4-9(5-7-11)10-3-2-8-12-10;2-1(3,4)8(5,6)7/h2-8H,1H3;(H,5,6,7)/q+1;/p-1. The summed E-state index contributed by atoms with van der Waals surface area (Å²) < 4.78 is 60.9. The molecular formula is C11H10F3NO3S2. The van der Waals surface area contributed by atoms with Crippen LogP contribution in [0.15, 0.2) is 42.0 Å². The van der Waals surface area contributed by atoms with E-state index in [9.17, 15) is 13.2 Å². The van der Waals surface area contributed by atoms with Gasteiger partial charge in [0.15, 0.2) is 22.5 Å². The molecule has 4 nitrogen and oxygen atoms in total. The Morgan fingerprint density at radius 2 is 1.70 bits per heavy atom. The van der Waals surface area contributed by atoms with E-state index < -0.39 is 15.6 Å². The van der Waals surface area contributed by atoms with Gasteiger partial charge in [-0.25, -0.2) is 13.0 Å². The van der Waals surface area contributed by atoms with Gasteiger partial charge >= 0.3 is 5.51 Å². The summed E-state index contributed by atoms with van der Waals surface area (Å²) in [7, 11) is -4.06. The van der Waals surface area contributed by atoms with Crippen molar-refractivity contribution in [2.24, 2.45) is 7.05 Å². The fraction of sp³-hybridized carbons (Fsp3) is 0.182. The van der Waals surface area contributed by atoms with E-state index >= 15 is 0 Å². The van der Waals surface area contributed by atoms with E-state index in [1.165, 1.54) is 10.4 Å². The van der Waals surface area contributed by atoms with Gasteiger partial charge in [0.25, 0.3) is 0 Å². The van der Waals surface area contributed by atoms with E-state index in [1.807, 2.05) is 11.6 Å². The van der Waals surface area contributed by atoms with E-state index in [-0.39, 0.29) is 0 Å². The molecule has 0 saturated carbocycles. The van der Waals surface area contributed by atoms with Gasteiger partial charge in [-0.2, -0.15) is 13.2 Å². The van der Waals surface area contributed by atoms with Crippen molar-refractivity contribution in [3.63, 3.8) is 0 Å². The summed E-state index contributed by atoms with van der Waals surface area (Å²) in [5, 5.41) is 2.10. The van der Waals surface area contributed by atoms with E-state index in [0.717, 1.165) is 0 Å². The molecule has 9 heteroatoms. The second-order valence-corrected chi connectivity index (χ2v) is 5.95. The Morgan fingerprint density at radius 3 is 2.05 bits per heavy atom. The first-order chi connectivity index (χ1) is 9.11. The third-order valence-corrected chi connectivity index (χ3v) is 3.55. The van der Waals surface area contributed by atoms with Crippen molar-refractivity contribution in [3.05, 3.63) is 42.0 Å². The van der Waals surface area contributed by atoms with Gasteiger partial charge in [0.2, 0.25) is 0 Å². The van der Waals surface area contributed by atoms with E-state index in [2.05, 4.69) is 42.0 Å². The van der Waals surface area contributed by atoms with E-state index in [0.29, 0.717) is 0 Å². The molecule has 0 amide bonds. The molecule has 2 rings (SSSR count). The number of rotatable bonds is 1. The number of aromatic nitrogens is 1. The van der Waals surface area contributed by atoms with Crippen LogP contribution in [0.5, 0.6) is 0 Å². The van der Waals surface area contributed by atoms with Crippen LogP contribution in [0.3, 0.4) is 0 Å². The second-order valence-electron chi connectivity index (χ2n) is 3.63. The molecular weight excluding hydrogens is 315 g/mol. The zero-order valence-corrected chi connectivity index (χ0v) is 11.8. The molecule has 2 aromatic rings. The summed E-state index contributed by atoms with van der Waals surface area (Å²) in [6, 6.07) is 8.48. The molecule has 0 aromatic carbocycles. The first-order valence-corrected chi connectivity index (χ1v) is 7.41. The topological polar surface area (TPSA) is 61.1 Å². The normalized spacial score (nSPS) is 11.7. The maximum Gasteiger partial charge on any atom is 0.485 e. The predicted octanol–water partition coefficient (Wildman–Crippen LogP) is 2.29. The fourth-order valence-electron chi connectivity index (χ4n) is 1.11. The minimum absolute atomic E-state index is 1.29. The molecule has 0 unspecified atom stereocenters. The smallest absolute Gasteiger partial charge is 0.485 e. The minimum atomic E-state index is -6.09. The maximum absolute atomic E-state index is 10.7. The van der Waals surface area contributed by atoms with E-state index in [1.54, 1.807) is 11.3 Å². The number of thiophene rings is 1. The van der Waals surface area contributed by atoms with Crippen LogP contribution < -0.4 is 4.57 Å². The van der Waals surface area contributed by atoms with Crippen LogP contribution in [0.2, 0.25) is 0 Å². The summed E-state index contributed by atoms with van der Waals surface area (Å²) in [6.45, 7) is 0. The quantitative estimate of drug-likeness (QED) is 0.459. The molecule has 2 heterocycles. The number of aryl methyl sites for hydroxylation is 1. The molecule has 0 spiro atoms. The number of hydrogen-bond donors (Lipinski definition) is 0. The van der Waals surface area contributed by atoms with Gasteiger partial charge < -0.3 is 4.55 Å². The molecule has 0 aliphatic rings. The van der Waals surface area contributed by atoms with Gasteiger partial charge in [0.05, 0.1) is 0 Å². The van der Waals surface area contributed by atoms with Crippen molar-refractivity contribution in [2.75, 3.05) is 0 Å². The molecule has 0 aliphatic heterocycles. The zero-order chi connectivity index (χ0) is 15.4. The molecule has 0 saturated heterocycles. The Kier molecular flexibility index (Phi) is 5.26. The molecule has 0 atom stereocenters.